The van der Waals surface area contributed by atoms with E-state index in [0.29, 0.717) is 10.6 Å². The summed E-state index contributed by atoms with van der Waals surface area (Å²) >= 11 is 1.37. The van der Waals surface area contributed by atoms with Crippen molar-refractivity contribution in [2.75, 3.05) is 23.7 Å². The largest absolute Gasteiger partial charge is 0.397 e. The molecule has 0 radical (unpaired) electrons. The molecule has 3 heterocycles. The molecule has 0 saturated carbocycles. The molecule has 180 valence electrons. The molecule has 1 aliphatic carbocycles. The van der Waals surface area contributed by atoms with Gasteiger partial charge in [0.1, 0.15) is 9.71 Å². The number of aryl methyl sites for hydroxylation is 2. The molecule has 7 nitrogen and oxygen atoms in total. The number of ether oxygens (including phenoxy) is 1. The van der Waals surface area contributed by atoms with Crippen LogP contribution >= 0.6 is 11.3 Å². The third kappa shape index (κ3) is 4.50. The summed E-state index contributed by atoms with van der Waals surface area (Å²) < 4.78 is 5.99. The number of aromatic nitrogens is 1. The molecule has 34 heavy (non-hydrogen) atoms. The number of rotatable bonds is 5. The lowest BCUT2D eigenvalue weighted by molar-refractivity contribution is 0.0128. The minimum Gasteiger partial charge on any atom is -0.397 e. The molecular weight excluding hydrogens is 446 g/mol. The number of nitrogen functional groups attached to an aromatic ring is 1. The van der Waals surface area contributed by atoms with E-state index in [4.69, 9.17) is 16.2 Å². The monoisotopic (exact) mass is 479 g/mol. The summed E-state index contributed by atoms with van der Waals surface area (Å²) in [7, 11) is 0. The molecule has 2 aliphatic rings. The predicted molar refractivity (Wildman–Crippen MR) is 139 cm³/mol. The predicted octanol–water partition coefficient (Wildman–Crippen LogP) is 3.42. The van der Waals surface area contributed by atoms with Crippen LogP contribution in [-0.4, -0.2) is 48.3 Å². The molecule has 0 spiro atoms. The molecular formula is C26H33N5O2S. The highest BCUT2D eigenvalue weighted by Gasteiger charge is 2.32. The topological polar surface area (TPSA) is 107 Å². The SMILES string of the molecule is Cc1ccc2c(N)c(C(=O)N[C@H]3CCc4cc(N5C[C@@H](N)[C@@H](OC(C)C)C5)ccc4C3)sc2n1. The van der Waals surface area contributed by atoms with Gasteiger partial charge in [0.2, 0.25) is 0 Å². The van der Waals surface area contributed by atoms with Gasteiger partial charge in [0.25, 0.3) is 5.91 Å². The highest BCUT2D eigenvalue weighted by atomic mass is 32.1. The fourth-order valence-electron chi connectivity index (χ4n) is 5.07. The fraction of sp³-hybridized carbons (Fsp3) is 0.462. The van der Waals surface area contributed by atoms with E-state index in [0.717, 1.165) is 48.3 Å². The maximum Gasteiger partial charge on any atom is 0.263 e. The lowest BCUT2D eigenvalue weighted by Gasteiger charge is -2.27. The summed E-state index contributed by atoms with van der Waals surface area (Å²) in [6.07, 6.45) is 2.90. The van der Waals surface area contributed by atoms with Gasteiger partial charge in [0.05, 0.1) is 23.9 Å². The Labute approximate surface area is 204 Å². The number of anilines is 2. The standard InChI is InChI=1S/C26H33N5O2S/c1-14(2)33-22-13-31(12-21(22)27)19-8-6-16-10-18(7-5-17(16)11-19)30-25(32)24-23(28)20-9-4-15(3)29-26(20)34-24/h4,6,8-9,11,14,18,21-22H,5,7,10,12-13,27-28H2,1-3H3,(H,30,32)/t18-,21+,22-/m0/s1. The number of thiophene rings is 1. The summed E-state index contributed by atoms with van der Waals surface area (Å²) in [6.45, 7) is 7.67. The molecule has 8 heteroatoms. The molecule has 0 bridgehead atoms. The number of nitrogens with one attached hydrogen (secondary N) is 1. The van der Waals surface area contributed by atoms with Crippen LogP contribution in [0.4, 0.5) is 11.4 Å². The van der Waals surface area contributed by atoms with Gasteiger partial charge in [-0.3, -0.25) is 4.79 Å². The Balaban J connectivity index is 1.25. The van der Waals surface area contributed by atoms with Crippen molar-refractivity contribution in [2.45, 2.75) is 64.3 Å². The number of carbonyl (C=O) groups is 1. The van der Waals surface area contributed by atoms with Crippen molar-refractivity contribution in [3.63, 3.8) is 0 Å². The third-order valence-corrected chi connectivity index (χ3v) is 7.93. The minimum absolute atomic E-state index is 0.0264. The van der Waals surface area contributed by atoms with Gasteiger partial charge in [-0.1, -0.05) is 6.07 Å². The van der Waals surface area contributed by atoms with Gasteiger partial charge in [0, 0.05) is 35.9 Å². The van der Waals surface area contributed by atoms with E-state index < -0.39 is 0 Å². The molecule has 5 rings (SSSR count). The van der Waals surface area contributed by atoms with E-state index in [9.17, 15) is 4.79 Å². The average Bonchev–Trinajstić information content (AvgIpc) is 3.32. The van der Waals surface area contributed by atoms with E-state index in [2.05, 4.69) is 47.2 Å². The Bertz CT molecular complexity index is 1220. The maximum absolute atomic E-state index is 13.0. The summed E-state index contributed by atoms with van der Waals surface area (Å²) in [6, 6.07) is 10.6. The second-order valence-corrected chi connectivity index (χ2v) is 10.8. The molecule has 3 aromatic rings. The van der Waals surface area contributed by atoms with Crippen molar-refractivity contribution in [3.8, 4) is 0 Å². The van der Waals surface area contributed by atoms with Gasteiger partial charge in [-0.25, -0.2) is 4.98 Å². The molecule has 3 atom stereocenters. The second-order valence-electron chi connectivity index (χ2n) is 9.81. The minimum atomic E-state index is -0.106. The lowest BCUT2D eigenvalue weighted by atomic mass is 9.87. The smallest absolute Gasteiger partial charge is 0.263 e. The number of hydrogen-bond acceptors (Lipinski definition) is 7. The van der Waals surface area contributed by atoms with E-state index in [1.165, 1.54) is 28.2 Å². The number of amides is 1. The third-order valence-electron chi connectivity index (χ3n) is 6.81. The molecule has 1 amide bonds. The van der Waals surface area contributed by atoms with E-state index in [1.54, 1.807) is 0 Å². The molecule has 0 unspecified atom stereocenters. The first-order valence-corrected chi connectivity index (χ1v) is 12.8. The number of nitrogens with two attached hydrogens (primary N) is 2. The summed E-state index contributed by atoms with van der Waals surface area (Å²) in [4.78, 5) is 21.2. The highest BCUT2D eigenvalue weighted by molar-refractivity contribution is 7.21. The van der Waals surface area contributed by atoms with Crippen LogP contribution in [0.25, 0.3) is 10.2 Å². The Hall–Kier alpha value is -2.68. The van der Waals surface area contributed by atoms with E-state index in [-0.39, 0.29) is 30.2 Å². The first-order chi connectivity index (χ1) is 16.3. The molecule has 1 aromatic carbocycles. The van der Waals surface area contributed by atoms with Crippen molar-refractivity contribution in [1.82, 2.24) is 10.3 Å². The van der Waals surface area contributed by atoms with Crippen molar-refractivity contribution in [2.24, 2.45) is 5.73 Å². The summed E-state index contributed by atoms with van der Waals surface area (Å²) in [5.41, 5.74) is 17.9. The Morgan fingerprint density at radius 2 is 2.06 bits per heavy atom. The van der Waals surface area contributed by atoms with Gasteiger partial charge in [-0.15, -0.1) is 11.3 Å². The van der Waals surface area contributed by atoms with Crippen LogP contribution in [0, 0.1) is 6.92 Å². The Kier molecular flexibility index (Phi) is 6.22. The van der Waals surface area contributed by atoms with Gasteiger partial charge in [-0.2, -0.15) is 0 Å². The quantitative estimate of drug-likeness (QED) is 0.518. The highest BCUT2D eigenvalue weighted by Crippen LogP contribution is 2.33. The maximum atomic E-state index is 13.0. The van der Waals surface area contributed by atoms with Crippen molar-refractivity contribution in [1.29, 1.82) is 0 Å². The van der Waals surface area contributed by atoms with Crippen LogP contribution in [0.5, 0.6) is 0 Å². The van der Waals surface area contributed by atoms with Crippen molar-refractivity contribution in [3.05, 3.63) is 52.0 Å². The number of carbonyl (C=O) groups excluding carboxylic acids is 1. The van der Waals surface area contributed by atoms with Crippen LogP contribution < -0.4 is 21.7 Å². The zero-order valence-electron chi connectivity index (χ0n) is 20.0. The summed E-state index contributed by atoms with van der Waals surface area (Å²) in [5, 5.41) is 4.06. The van der Waals surface area contributed by atoms with Gasteiger partial charge < -0.3 is 26.4 Å². The van der Waals surface area contributed by atoms with Crippen molar-refractivity contribution >= 4 is 38.8 Å². The van der Waals surface area contributed by atoms with Crippen molar-refractivity contribution < 1.29 is 9.53 Å². The van der Waals surface area contributed by atoms with Crippen LogP contribution in [-0.2, 0) is 17.6 Å². The van der Waals surface area contributed by atoms with Gasteiger partial charge >= 0.3 is 0 Å². The molecule has 1 saturated heterocycles. The lowest BCUT2D eigenvalue weighted by Crippen LogP contribution is -2.38. The fourth-order valence-corrected chi connectivity index (χ4v) is 6.12. The van der Waals surface area contributed by atoms with E-state index in [1.807, 2.05) is 19.1 Å². The van der Waals surface area contributed by atoms with Crippen LogP contribution in [0.3, 0.4) is 0 Å². The van der Waals surface area contributed by atoms with Gasteiger partial charge in [-0.05, 0) is 75.4 Å². The molecule has 5 N–H and O–H groups in total. The average molecular weight is 480 g/mol. The number of benzene rings is 1. The first kappa shape index (κ1) is 23.1. The second kappa shape index (κ2) is 9.17. The first-order valence-electron chi connectivity index (χ1n) is 12.0. The van der Waals surface area contributed by atoms with Crippen LogP contribution in [0.2, 0.25) is 0 Å². The number of hydrogen-bond donors (Lipinski definition) is 3. The number of pyridine rings is 1. The Morgan fingerprint density at radius 1 is 1.24 bits per heavy atom. The zero-order valence-corrected chi connectivity index (χ0v) is 20.8. The van der Waals surface area contributed by atoms with Crippen LogP contribution in [0.1, 0.15) is 46.8 Å². The Morgan fingerprint density at radius 3 is 2.85 bits per heavy atom. The summed E-state index contributed by atoms with van der Waals surface area (Å²) in [5.74, 6) is -0.106. The van der Waals surface area contributed by atoms with Gasteiger partial charge in [0.15, 0.2) is 0 Å². The van der Waals surface area contributed by atoms with E-state index >= 15 is 0 Å². The normalized spacial score (nSPS) is 22.4. The molecule has 1 aliphatic heterocycles. The molecule has 2 aromatic heterocycles. The number of nitrogens with zero attached hydrogens (tertiary/aromatic N) is 2. The molecule has 1 fully saturated rings. The number of fused-ring (bicyclic) bond motifs is 2. The zero-order chi connectivity index (χ0) is 24.0. The van der Waals surface area contributed by atoms with Crippen LogP contribution in [0.15, 0.2) is 30.3 Å².